The molecule has 0 aromatic carbocycles. The van der Waals surface area contributed by atoms with Gasteiger partial charge in [-0.05, 0) is 44.4 Å². The highest BCUT2D eigenvalue weighted by atomic mass is 35.5. The van der Waals surface area contributed by atoms with Crippen molar-refractivity contribution in [3.8, 4) is 0 Å². The smallest absolute Gasteiger partial charge is 0.127 e. The zero-order chi connectivity index (χ0) is 11.0. The van der Waals surface area contributed by atoms with Crippen LogP contribution in [0.15, 0.2) is 22.1 Å². The molecular formula is C13H17ClO. The van der Waals surface area contributed by atoms with E-state index in [1.165, 1.54) is 6.42 Å². The third kappa shape index (κ3) is 2.46. The van der Waals surface area contributed by atoms with Crippen LogP contribution in [-0.4, -0.2) is 5.38 Å². The van der Waals surface area contributed by atoms with E-state index in [0.29, 0.717) is 5.92 Å². The molecule has 1 aliphatic carbocycles. The number of furan rings is 1. The fourth-order valence-corrected chi connectivity index (χ4v) is 1.77. The molecule has 0 spiro atoms. The summed E-state index contributed by atoms with van der Waals surface area (Å²) in [6.07, 6.45) is 3.29. The van der Waals surface area contributed by atoms with Crippen LogP contribution in [-0.2, 0) is 0 Å². The van der Waals surface area contributed by atoms with Gasteiger partial charge < -0.3 is 4.42 Å². The van der Waals surface area contributed by atoms with Crippen LogP contribution < -0.4 is 0 Å². The van der Waals surface area contributed by atoms with Gasteiger partial charge in [0.15, 0.2) is 0 Å². The first kappa shape index (κ1) is 10.8. The maximum Gasteiger partial charge on any atom is 0.127 e. The van der Waals surface area contributed by atoms with Gasteiger partial charge in [0.05, 0.1) is 5.38 Å². The van der Waals surface area contributed by atoms with Gasteiger partial charge in [-0.25, -0.2) is 0 Å². The molecule has 1 aliphatic rings. The molecule has 0 radical (unpaired) electrons. The van der Waals surface area contributed by atoms with E-state index in [0.717, 1.165) is 23.0 Å². The molecule has 2 rings (SSSR count). The first-order valence-electron chi connectivity index (χ1n) is 5.50. The molecule has 3 atom stereocenters. The van der Waals surface area contributed by atoms with Crippen molar-refractivity contribution in [2.45, 2.75) is 38.5 Å². The van der Waals surface area contributed by atoms with Crippen LogP contribution in [0.3, 0.4) is 0 Å². The molecule has 0 N–H and O–H groups in total. The number of hydrogen-bond acceptors (Lipinski definition) is 1. The molecule has 82 valence electrons. The van der Waals surface area contributed by atoms with Crippen molar-refractivity contribution in [3.63, 3.8) is 0 Å². The third-order valence-corrected chi connectivity index (χ3v) is 3.46. The van der Waals surface area contributed by atoms with Crippen molar-refractivity contribution in [2.24, 2.45) is 5.92 Å². The average Bonchev–Trinajstić information content (AvgIpc) is 2.73. The highest BCUT2D eigenvalue weighted by Gasteiger charge is 2.36. The van der Waals surface area contributed by atoms with Crippen molar-refractivity contribution >= 4 is 17.7 Å². The maximum atomic E-state index is 5.97. The van der Waals surface area contributed by atoms with Crippen molar-refractivity contribution in [3.05, 3.63) is 29.2 Å². The van der Waals surface area contributed by atoms with Gasteiger partial charge in [0.25, 0.3) is 0 Å². The highest BCUT2D eigenvalue weighted by Crippen LogP contribution is 2.47. The van der Waals surface area contributed by atoms with Crippen LogP contribution >= 0.6 is 11.6 Å². The van der Waals surface area contributed by atoms with Crippen LogP contribution in [0.5, 0.6) is 0 Å². The van der Waals surface area contributed by atoms with Crippen LogP contribution in [0.4, 0.5) is 0 Å². The lowest BCUT2D eigenvalue weighted by molar-refractivity contribution is 0.497. The molecule has 0 aliphatic heterocycles. The zero-order valence-electron chi connectivity index (χ0n) is 9.46. The fraction of sp³-hybridized carbons (Fsp3) is 0.538. The monoisotopic (exact) mass is 224 g/mol. The lowest BCUT2D eigenvalue weighted by Gasteiger charge is -2.00. The summed E-state index contributed by atoms with van der Waals surface area (Å²) in [6.45, 7) is 6.26. The number of allylic oxidation sites excluding steroid dienone is 1. The van der Waals surface area contributed by atoms with E-state index in [1.54, 1.807) is 0 Å². The SMILES string of the molecule is C/C(=C\c1ccc(C2CC2C)o1)C(C)Cl. The summed E-state index contributed by atoms with van der Waals surface area (Å²) in [5.41, 5.74) is 1.14. The first-order chi connectivity index (χ1) is 7.08. The second-order valence-electron chi connectivity index (χ2n) is 4.56. The molecule has 1 aromatic rings. The van der Waals surface area contributed by atoms with Crippen molar-refractivity contribution < 1.29 is 4.42 Å². The summed E-state index contributed by atoms with van der Waals surface area (Å²) < 4.78 is 5.76. The predicted molar refractivity (Wildman–Crippen MR) is 64.2 cm³/mol. The Morgan fingerprint density at radius 1 is 1.60 bits per heavy atom. The number of hydrogen-bond donors (Lipinski definition) is 0. The minimum Gasteiger partial charge on any atom is -0.461 e. The molecule has 0 amide bonds. The van der Waals surface area contributed by atoms with Crippen molar-refractivity contribution in [1.29, 1.82) is 0 Å². The van der Waals surface area contributed by atoms with Gasteiger partial charge in [-0.15, -0.1) is 11.6 Å². The van der Waals surface area contributed by atoms with Gasteiger partial charge in [-0.3, -0.25) is 0 Å². The summed E-state index contributed by atoms with van der Waals surface area (Å²) in [6, 6.07) is 4.12. The van der Waals surface area contributed by atoms with E-state index in [4.69, 9.17) is 16.0 Å². The van der Waals surface area contributed by atoms with E-state index in [1.807, 2.05) is 26.0 Å². The third-order valence-electron chi connectivity index (χ3n) is 3.12. The summed E-state index contributed by atoms with van der Waals surface area (Å²) >= 11 is 5.97. The number of halogens is 1. The zero-order valence-corrected chi connectivity index (χ0v) is 10.2. The Balaban J connectivity index is 2.10. The summed E-state index contributed by atoms with van der Waals surface area (Å²) in [7, 11) is 0. The molecule has 1 nitrogen and oxygen atoms in total. The molecule has 0 bridgehead atoms. The minimum absolute atomic E-state index is 0.0680. The Labute approximate surface area is 96.1 Å². The predicted octanol–water partition coefficient (Wildman–Crippen LogP) is 4.43. The van der Waals surface area contributed by atoms with Crippen molar-refractivity contribution in [1.82, 2.24) is 0 Å². The Kier molecular flexibility index (Phi) is 2.92. The number of alkyl halides is 1. The van der Waals surface area contributed by atoms with Gasteiger partial charge in [0, 0.05) is 5.92 Å². The maximum absolute atomic E-state index is 5.97. The van der Waals surface area contributed by atoms with E-state index < -0.39 is 0 Å². The van der Waals surface area contributed by atoms with Gasteiger partial charge in [0.2, 0.25) is 0 Å². The van der Waals surface area contributed by atoms with Crippen LogP contribution in [0, 0.1) is 5.92 Å². The van der Waals surface area contributed by atoms with Gasteiger partial charge in [-0.2, -0.15) is 0 Å². The van der Waals surface area contributed by atoms with Gasteiger partial charge >= 0.3 is 0 Å². The lowest BCUT2D eigenvalue weighted by Crippen LogP contribution is -1.90. The first-order valence-corrected chi connectivity index (χ1v) is 5.93. The summed E-state index contributed by atoms with van der Waals surface area (Å²) in [5.74, 6) is 3.50. The molecule has 1 fully saturated rings. The Bertz CT molecular complexity index is 376. The molecule has 2 heteroatoms. The van der Waals surface area contributed by atoms with Crippen LogP contribution in [0.2, 0.25) is 0 Å². The molecule has 1 saturated carbocycles. The van der Waals surface area contributed by atoms with E-state index in [2.05, 4.69) is 13.0 Å². The fourth-order valence-electron chi connectivity index (χ4n) is 1.70. The van der Waals surface area contributed by atoms with E-state index in [9.17, 15) is 0 Å². The van der Waals surface area contributed by atoms with Crippen molar-refractivity contribution in [2.75, 3.05) is 0 Å². The molecular weight excluding hydrogens is 208 g/mol. The molecule has 3 unspecified atom stereocenters. The quantitative estimate of drug-likeness (QED) is 0.693. The molecule has 1 heterocycles. The lowest BCUT2D eigenvalue weighted by atomic mass is 10.2. The van der Waals surface area contributed by atoms with Gasteiger partial charge in [0.1, 0.15) is 11.5 Å². The topological polar surface area (TPSA) is 13.1 Å². The summed E-state index contributed by atoms with van der Waals surface area (Å²) in [4.78, 5) is 0. The Morgan fingerprint density at radius 3 is 2.80 bits per heavy atom. The van der Waals surface area contributed by atoms with Crippen LogP contribution in [0.25, 0.3) is 6.08 Å². The average molecular weight is 225 g/mol. The molecule has 0 saturated heterocycles. The van der Waals surface area contributed by atoms with Gasteiger partial charge in [-0.1, -0.05) is 12.5 Å². The minimum atomic E-state index is 0.0680. The Morgan fingerprint density at radius 2 is 2.27 bits per heavy atom. The summed E-state index contributed by atoms with van der Waals surface area (Å²) in [5, 5.41) is 0.0680. The largest absolute Gasteiger partial charge is 0.461 e. The number of rotatable bonds is 3. The standard InChI is InChI=1S/C13H17ClO/c1-8(10(3)14)6-11-4-5-13(15-11)12-7-9(12)2/h4-6,9-10,12H,7H2,1-3H3/b8-6+. The molecule has 15 heavy (non-hydrogen) atoms. The Hall–Kier alpha value is -0.690. The van der Waals surface area contributed by atoms with Crippen LogP contribution in [0.1, 0.15) is 44.6 Å². The second-order valence-corrected chi connectivity index (χ2v) is 5.22. The second kappa shape index (κ2) is 4.05. The van der Waals surface area contributed by atoms with E-state index >= 15 is 0 Å². The highest BCUT2D eigenvalue weighted by molar-refractivity contribution is 6.22. The molecule has 1 aromatic heterocycles. The van der Waals surface area contributed by atoms with E-state index in [-0.39, 0.29) is 5.38 Å². The normalized spacial score (nSPS) is 27.9.